The van der Waals surface area contributed by atoms with Crippen molar-refractivity contribution in [3.05, 3.63) is 47.5 Å². The highest BCUT2D eigenvalue weighted by atomic mass is 16.5. The summed E-state index contributed by atoms with van der Waals surface area (Å²) in [5, 5.41) is 3.56. The summed E-state index contributed by atoms with van der Waals surface area (Å²) in [6.07, 6.45) is 0.968. The molecule has 0 saturated heterocycles. The van der Waals surface area contributed by atoms with Crippen LogP contribution in [0.5, 0.6) is 23.0 Å². The number of methoxy groups -OCH3 is 1. The molecule has 154 valence electrons. The molecule has 2 rings (SSSR count). The van der Waals surface area contributed by atoms with Gasteiger partial charge < -0.3 is 24.3 Å². The molecule has 2 aromatic rings. The second kappa shape index (κ2) is 11.4. The third-order valence-corrected chi connectivity index (χ3v) is 4.37. The highest BCUT2D eigenvalue weighted by Gasteiger charge is 2.12. The van der Waals surface area contributed by atoms with E-state index in [0.717, 1.165) is 47.1 Å². The zero-order valence-electron chi connectivity index (χ0n) is 17.7. The van der Waals surface area contributed by atoms with Gasteiger partial charge in [-0.3, -0.25) is 0 Å². The molecule has 5 heteroatoms. The first-order valence-corrected chi connectivity index (χ1v) is 10.0. The Labute approximate surface area is 169 Å². The maximum atomic E-state index is 5.74. The monoisotopic (exact) mass is 387 g/mol. The normalized spacial score (nSPS) is 11.8. The van der Waals surface area contributed by atoms with Crippen LogP contribution >= 0.6 is 0 Å². The van der Waals surface area contributed by atoms with E-state index in [1.807, 2.05) is 32.0 Å². The number of hydrogen-bond acceptors (Lipinski definition) is 5. The number of hydrogen-bond donors (Lipinski definition) is 1. The van der Waals surface area contributed by atoms with Crippen molar-refractivity contribution in [2.75, 3.05) is 26.9 Å². The molecule has 1 atom stereocenters. The van der Waals surface area contributed by atoms with Crippen LogP contribution in [0, 0.1) is 0 Å². The van der Waals surface area contributed by atoms with Crippen molar-refractivity contribution < 1.29 is 18.9 Å². The van der Waals surface area contributed by atoms with Crippen molar-refractivity contribution in [3.63, 3.8) is 0 Å². The Morgan fingerprint density at radius 2 is 1.50 bits per heavy atom. The van der Waals surface area contributed by atoms with E-state index in [4.69, 9.17) is 18.9 Å². The van der Waals surface area contributed by atoms with E-state index in [9.17, 15) is 0 Å². The maximum absolute atomic E-state index is 5.74. The van der Waals surface area contributed by atoms with Gasteiger partial charge in [0, 0.05) is 12.6 Å². The predicted molar refractivity (Wildman–Crippen MR) is 113 cm³/mol. The van der Waals surface area contributed by atoms with Crippen LogP contribution in [-0.4, -0.2) is 26.9 Å². The molecule has 0 saturated carbocycles. The SMILES string of the molecule is CCCOc1ccc(CN[C@@H](C)c2ccc(OCC)c(OCC)c2)cc1OC. The molecule has 0 spiro atoms. The van der Waals surface area contributed by atoms with Crippen LogP contribution in [-0.2, 0) is 6.54 Å². The van der Waals surface area contributed by atoms with Gasteiger partial charge in [-0.1, -0.05) is 19.1 Å². The summed E-state index contributed by atoms with van der Waals surface area (Å²) in [5.41, 5.74) is 2.30. The Morgan fingerprint density at radius 3 is 2.18 bits per heavy atom. The lowest BCUT2D eigenvalue weighted by Crippen LogP contribution is -2.18. The van der Waals surface area contributed by atoms with E-state index in [1.54, 1.807) is 7.11 Å². The molecule has 0 aliphatic rings. The summed E-state index contributed by atoms with van der Waals surface area (Å²) in [6.45, 7) is 10.8. The Hall–Kier alpha value is -2.40. The largest absolute Gasteiger partial charge is 0.493 e. The minimum absolute atomic E-state index is 0.164. The fourth-order valence-corrected chi connectivity index (χ4v) is 2.88. The second-order valence-corrected chi connectivity index (χ2v) is 6.51. The van der Waals surface area contributed by atoms with Crippen molar-refractivity contribution in [2.45, 2.75) is 46.7 Å². The van der Waals surface area contributed by atoms with E-state index < -0.39 is 0 Å². The lowest BCUT2D eigenvalue weighted by atomic mass is 10.1. The summed E-state index contributed by atoms with van der Waals surface area (Å²) in [7, 11) is 1.67. The highest BCUT2D eigenvalue weighted by molar-refractivity contribution is 5.44. The summed E-state index contributed by atoms with van der Waals surface area (Å²) >= 11 is 0. The lowest BCUT2D eigenvalue weighted by molar-refractivity contribution is 0.287. The van der Waals surface area contributed by atoms with E-state index in [-0.39, 0.29) is 6.04 Å². The minimum Gasteiger partial charge on any atom is -0.493 e. The molecule has 1 N–H and O–H groups in total. The number of rotatable bonds is 12. The molecule has 28 heavy (non-hydrogen) atoms. The molecule has 0 aliphatic carbocycles. The first kappa shape index (κ1) is 21.9. The Balaban J connectivity index is 2.05. The number of benzene rings is 2. The van der Waals surface area contributed by atoms with Gasteiger partial charge in [0.2, 0.25) is 0 Å². The standard InChI is InChI=1S/C23H33NO4/c1-6-13-28-20-11-9-18(14-22(20)25-5)16-24-17(4)19-10-12-21(26-7-2)23(15-19)27-8-3/h9-12,14-15,17,24H,6-8,13,16H2,1-5H3/t17-/m0/s1. The molecular weight excluding hydrogens is 354 g/mol. The number of nitrogens with one attached hydrogen (secondary N) is 1. The topological polar surface area (TPSA) is 49.0 Å². The van der Waals surface area contributed by atoms with Gasteiger partial charge in [-0.05, 0) is 62.6 Å². The minimum atomic E-state index is 0.164. The molecule has 5 nitrogen and oxygen atoms in total. The van der Waals surface area contributed by atoms with Gasteiger partial charge in [-0.25, -0.2) is 0 Å². The van der Waals surface area contributed by atoms with E-state index in [1.165, 1.54) is 0 Å². The second-order valence-electron chi connectivity index (χ2n) is 6.51. The van der Waals surface area contributed by atoms with Crippen molar-refractivity contribution in [1.82, 2.24) is 5.32 Å². The molecule has 0 aromatic heterocycles. The predicted octanol–water partition coefficient (Wildman–Crippen LogP) is 5.13. The molecule has 0 aliphatic heterocycles. The van der Waals surface area contributed by atoms with Crippen LogP contribution in [0.3, 0.4) is 0 Å². The quantitative estimate of drug-likeness (QED) is 0.547. The fraction of sp³-hybridized carbons (Fsp3) is 0.478. The van der Waals surface area contributed by atoms with Crippen molar-refractivity contribution in [2.24, 2.45) is 0 Å². The first-order chi connectivity index (χ1) is 13.6. The van der Waals surface area contributed by atoms with Gasteiger partial charge in [-0.15, -0.1) is 0 Å². The van der Waals surface area contributed by atoms with Crippen LogP contribution < -0.4 is 24.3 Å². The van der Waals surface area contributed by atoms with Gasteiger partial charge in [0.25, 0.3) is 0 Å². The van der Waals surface area contributed by atoms with Crippen molar-refractivity contribution in [3.8, 4) is 23.0 Å². The molecule has 2 aromatic carbocycles. The molecule has 0 amide bonds. The van der Waals surface area contributed by atoms with Gasteiger partial charge in [0.15, 0.2) is 23.0 Å². The Morgan fingerprint density at radius 1 is 0.821 bits per heavy atom. The average Bonchev–Trinajstić information content (AvgIpc) is 2.72. The Bertz CT molecular complexity index is 733. The Kier molecular flexibility index (Phi) is 8.95. The maximum Gasteiger partial charge on any atom is 0.161 e. The van der Waals surface area contributed by atoms with Crippen LogP contribution in [0.2, 0.25) is 0 Å². The molecule has 0 radical (unpaired) electrons. The van der Waals surface area contributed by atoms with Crippen LogP contribution in [0.15, 0.2) is 36.4 Å². The van der Waals surface area contributed by atoms with Gasteiger partial charge in [0.05, 0.1) is 26.9 Å². The van der Waals surface area contributed by atoms with E-state index in [2.05, 4.69) is 37.4 Å². The summed E-state index contributed by atoms with van der Waals surface area (Å²) < 4.78 is 22.6. The van der Waals surface area contributed by atoms with E-state index >= 15 is 0 Å². The molecule has 0 heterocycles. The summed E-state index contributed by atoms with van der Waals surface area (Å²) in [5.74, 6) is 3.12. The van der Waals surface area contributed by atoms with Crippen LogP contribution in [0.25, 0.3) is 0 Å². The molecule has 0 fully saturated rings. The average molecular weight is 388 g/mol. The summed E-state index contributed by atoms with van der Waals surface area (Å²) in [6, 6.07) is 12.3. The zero-order chi connectivity index (χ0) is 20.4. The van der Waals surface area contributed by atoms with Crippen molar-refractivity contribution in [1.29, 1.82) is 0 Å². The van der Waals surface area contributed by atoms with Crippen LogP contribution in [0.1, 0.15) is 51.3 Å². The smallest absolute Gasteiger partial charge is 0.161 e. The highest BCUT2D eigenvalue weighted by Crippen LogP contribution is 2.31. The fourth-order valence-electron chi connectivity index (χ4n) is 2.88. The van der Waals surface area contributed by atoms with Gasteiger partial charge >= 0.3 is 0 Å². The zero-order valence-corrected chi connectivity index (χ0v) is 17.7. The number of ether oxygens (including phenoxy) is 4. The summed E-state index contributed by atoms with van der Waals surface area (Å²) in [4.78, 5) is 0. The first-order valence-electron chi connectivity index (χ1n) is 10.0. The third kappa shape index (κ3) is 6.06. The molecule has 0 unspecified atom stereocenters. The van der Waals surface area contributed by atoms with E-state index in [0.29, 0.717) is 19.8 Å². The van der Waals surface area contributed by atoms with Gasteiger partial charge in [0.1, 0.15) is 0 Å². The molecular formula is C23H33NO4. The molecule has 0 bridgehead atoms. The van der Waals surface area contributed by atoms with Crippen molar-refractivity contribution >= 4 is 0 Å². The van der Waals surface area contributed by atoms with Crippen LogP contribution in [0.4, 0.5) is 0 Å². The van der Waals surface area contributed by atoms with Gasteiger partial charge in [-0.2, -0.15) is 0 Å². The lowest BCUT2D eigenvalue weighted by Gasteiger charge is -2.18. The third-order valence-electron chi connectivity index (χ3n) is 4.37.